The number of hydrogen-bond donors (Lipinski definition) is 1. The third-order valence-electron chi connectivity index (χ3n) is 3.91. The number of nitrogens with zero attached hydrogens (tertiary/aromatic N) is 2. The minimum absolute atomic E-state index is 0.0603. The minimum atomic E-state index is -0.0603. The molecule has 0 radical (unpaired) electrons. The first-order chi connectivity index (χ1) is 11.4. The van der Waals surface area contributed by atoms with Gasteiger partial charge in [-0.25, -0.2) is 9.97 Å². The van der Waals surface area contributed by atoms with Crippen LogP contribution in [0.4, 0.5) is 5.13 Å². The van der Waals surface area contributed by atoms with Crippen LogP contribution in [0.5, 0.6) is 0 Å². The van der Waals surface area contributed by atoms with Crippen LogP contribution in [-0.2, 0) is 4.79 Å². The molecule has 1 aromatic carbocycles. The van der Waals surface area contributed by atoms with E-state index in [1.54, 1.807) is 0 Å². The lowest BCUT2D eigenvalue weighted by Crippen LogP contribution is -2.14. The van der Waals surface area contributed by atoms with Crippen LogP contribution in [0.15, 0.2) is 28.6 Å². The molecule has 0 saturated carbocycles. The van der Waals surface area contributed by atoms with Gasteiger partial charge < -0.3 is 5.32 Å². The van der Waals surface area contributed by atoms with Gasteiger partial charge in [0.05, 0.1) is 22.0 Å². The zero-order valence-corrected chi connectivity index (χ0v) is 15.8. The topological polar surface area (TPSA) is 54.9 Å². The number of anilines is 1. The highest BCUT2D eigenvalue weighted by molar-refractivity contribution is 7.99. The van der Waals surface area contributed by atoms with Crippen LogP contribution in [-0.4, -0.2) is 21.6 Å². The largest absolute Gasteiger partial charge is 0.301 e. The Morgan fingerprint density at radius 3 is 2.67 bits per heavy atom. The van der Waals surface area contributed by atoms with Crippen molar-refractivity contribution in [2.24, 2.45) is 0 Å². The molecule has 6 heteroatoms. The molecule has 1 N–H and O–H groups in total. The van der Waals surface area contributed by atoms with E-state index in [1.165, 1.54) is 45.2 Å². The standard InChI is InChI=1S/C18H19N3OS2/c1-10-5-6-14-11(2)7-16(21-17(14)13(10)4)23-9-15(22)20-18-19-12(3)8-24-18/h5-8H,9H2,1-4H3,(H,19,20,22). The Labute approximate surface area is 149 Å². The van der Waals surface area contributed by atoms with E-state index in [9.17, 15) is 4.79 Å². The highest BCUT2D eigenvalue weighted by atomic mass is 32.2. The predicted molar refractivity (Wildman–Crippen MR) is 102 cm³/mol. The first-order valence-electron chi connectivity index (χ1n) is 7.66. The van der Waals surface area contributed by atoms with Crippen molar-refractivity contribution in [3.05, 3.63) is 46.0 Å². The summed E-state index contributed by atoms with van der Waals surface area (Å²) in [6.07, 6.45) is 0. The minimum Gasteiger partial charge on any atom is -0.301 e. The predicted octanol–water partition coefficient (Wildman–Crippen LogP) is 4.66. The summed E-state index contributed by atoms with van der Waals surface area (Å²) in [7, 11) is 0. The Hall–Kier alpha value is -1.92. The molecule has 0 aliphatic heterocycles. The van der Waals surface area contributed by atoms with Gasteiger partial charge in [-0.3, -0.25) is 4.79 Å². The first-order valence-corrected chi connectivity index (χ1v) is 9.53. The summed E-state index contributed by atoms with van der Waals surface area (Å²) >= 11 is 2.89. The maximum absolute atomic E-state index is 12.1. The average Bonchev–Trinajstić information content (AvgIpc) is 2.94. The number of carbonyl (C=O) groups excluding carboxylic acids is 1. The van der Waals surface area contributed by atoms with Crippen LogP contribution >= 0.6 is 23.1 Å². The lowest BCUT2D eigenvalue weighted by Gasteiger charge is -2.10. The molecule has 3 aromatic rings. The zero-order chi connectivity index (χ0) is 17.3. The van der Waals surface area contributed by atoms with E-state index >= 15 is 0 Å². The number of carbonyl (C=O) groups is 1. The third kappa shape index (κ3) is 3.60. The van der Waals surface area contributed by atoms with Gasteiger partial charge in [-0.2, -0.15) is 0 Å². The molecule has 2 aromatic heterocycles. The summed E-state index contributed by atoms with van der Waals surface area (Å²) in [6, 6.07) is 6.29. The number of amides is 1. The molecule has 1 amide bonds. The van der Waals surface area contributed by atoms with Crippen LogP contribution < -0.4 is 5.32 Å². The first kappa shape index (κ1) is 16.9. The molecule has 0 bridgehead atoms. The molecule has 0 aliphatic carbocycles. The van der Waals surface area contributed by atoms with E-state index in [4.69, 9.17) is 4.98 Å². The fourth-order valence-electron chi connectivity index (χ4n) is 2.45. The Morgan fingerprint density at radius 1 is 1.17 bits per heavy atom. The van der Waals surface area contributed by atoms with Crippen molar-refractivity contribution in [2.75, 3.05) is 11.1 Å². The molecule has 3 rings (SSSR count). The number of nitrogens with one attached hydrogen (secondary N) is 1. The molecule has 0 unspecified atom stereocenters. The molecule has 2 heterocycles. The van der Waals surface area contributed by atoms with E-state index in [0.717, 1.165) is 16.2 Å². The molecule has 124 valence electrons. The van der Waals surface area contributed by atoms with Gasteiger partial charge in [0.1, 0.15) is 0 Å². The van der Waals surface area contributed by atoms with Crippen molar-refractivity contribution in [3.8, 4) is 0 Å². The summed E-state index contributed by atoms with van der Waals surface area (Å²) in [5.41, 5.74) is 5.55. The Morgan fingerprint density at radius 2 is 1.96 bits per heavy atom. The molecule has 0 spiro atoms. The highest BCUT2D eigenvalue weighted by Gasteiger charge is 2.10. The van der Waals surface area contributed by atoms with Gasteiger partial charge in [0.25, 0.3) is 0 Å². The van der Waals surface area contributed by atoms with Gasteiger partial charge in [0.15, 0.2) is 5.13 Å². The van der Waals surface area contributed by atoms with E-state index in [2.05, 4.69) is 43.2 Å². The number of hydrogen-bond acceptors (Lipinski definition) is 5. The maximum Gasteiger partial charge on any atom is 0.236 e. The average molecular weight is 358 g/mol. The van der Waals surface area contributed by atoms with Crippen LogP contribution in [0.2, 0.25) is 0 Å². The normalized spacial score (nSPS) is 11.0. The lowest BCUT2D eigenvalue weighted by molar-refractivity contribution is -0.113. The number of rotatable bonds is 4. The number of thioether (sulfide) groups is 1. The summed E-state index contributed by atoms with van der Waals surface area (Å²) in [5.74, 6) is 0.261. The van der Waals surface area contributed by atoms with Gasteiger partial charge in [-0.15, -0.1) is 11.3 Å². The van der Waals surface area contributed by atoms with Crippen molar-refractivity contribution in [2.45, 2.75) is 32.7 Å². The molecule has 0 saturated heterocycles. The van der Waals surface area contributed by atoms with Crippen molar-refractivity contribution in [3.63, 3.8) is 0 Å². The molecular weight excluding hydrogens is 338 g/mol. The van der Waals surface area contributed by atoms with Gasteiger partial charge in [0.2, 0.25) is 5.91 Å². The number of fused-ring (bicyclic) bond motifs is 1. The monoisotopic (exact) mass is 357 g/mol. The molecule has 24 heavy (non-hydrogen) atoms. The summed E-state index contributed by atoms with van der Waals surface area (Å²) < 4.78 is 0. The lowest BCUT2D eigenvalue weighted by atomic mass is 10.0. The van der Waals surface area contributed by atoms with Crippen LogP contribution in [0, 0.1) is 27.7 Å². The second-order valence-electron chi connectivity index (χ2n) is 5.81. The maximum atomic E-state index is 12.1. The number of pyridine rings is 1. The zero-order valence-electron chi connectivity index (χ0n) is 14.1. The summed E-state index contributed by atoms with van der Waals surface area (Å²) in [4.78, 5) is 21.1. The van der Waals surface area contributed by atoms with Gasteiger partial charge in [0, 0.05) is 10.8 Å². The Kier molecular flexibility index (Phi) is 4.87. The molecular formula is C18H19N3OS2. The molecule has 0 atom stereocenters. The van der Waals surface area contributed by atoms with E-state index in [0.29, 0.717) is 10.9 Å². The number of aromatic nitrogens is 2. The van der Waals surface area contributed by atoms with Crippen molar-refractivity contribution < 1.29 is 4.79 Å². The van der Waals surface area contributed by atoms with E-state index in [1.807, 2.05) is 18.4 Å². The van der Waals surface area contributed by atoms with E-state index < -0.39 is 0 Å². The number of aryl methyl sites for hydroxylation is 4. The highest BCUT2D eigenvalue weighted by Crippen LogP contribution is 2.27. The number of thiazole rings is 1. The fraction of sp³-hybridized carbons (Fsp3) is 0.278. The molecule has 0 aliphatic rings. The summed E-state index contributed by atoms with van der Waals surface area (Å²) in [6.45, 7) is 8.18. The van der Waals surface area contributed by atoms with E-state index in [-0.39, 0.29) is 5.91 Å². The quantitative estimate of drug-likeness (QED) is 0.690. The smallest absolute Gasteiger partial charge is 0.236 e. The number of benzene rings is 1. The Bertz CT molecular complexity index is 918. The third-order valence-corrected chi connectivity index (χ3v) is 5.69. The van der Waals surface area contributed by atoms with Crippen LogP contribution in [0.3, 0.4) is 0 Å². The SMILES string of the molecule is Cc1csc(NC(=O)CSc2cc(C)c3ccc(C)c(C)c3n2)n1. The Balaban J connectivity index is 1.75. The second kappa shape index (κ2) is 6.91. The van der Waals surface area contributed by atoms with Crippen molar-refractivity contribution in [1.82, 2.24) is 9.97 Å². The van der Waals surface area contributed by atoms with Crippen LogP contribution in [0.25, 0.3) is 10.9 Å². The summed E-state index contributed by atoms with van der Waals surface area (Å²) in [5, 5.41) is 7.44. The fourth-order valence-corrected chi connectivity index (χ4v) is 3.92. The van der Waals surface area contributed by atoms with Crippen molar-refractivity contribution >= 4 is 45.0 Å². The van der Waals surface area contributed by atoms with Gasteiger partial charge in [-0.1, -0.05) is 23.9 Å². The van der Waals surface area contributed by atoms with Gasteiger partial charge >= 0.3 is 0 Å². The van der Waals surface area contributed by atoms with Crippen LogP contribution in [0.1, 0.15) is 22.4 Å². The van der Waals surface area contributed by atoms with Gasteiger partial charge in [-0.05, 0) is 50.5 Å². The second-order valence-corrected chi connectivity index (χ2v) is 7.67. The van der Waals surface area contributed by atoms with Crippen molar-refractivity contribution in [1.29, 1.82) is 0 Å². The molecule has 4 nitrogen and oxygen atoms in total. The molecule has 0 fully saturated rings.